The molecular weight excluding hydrogens is 356 g/mol. The van der Waals surface area contributed by atoms with Crippen molar-refractivity contribution in [2.75, 3.05) is 13.1 Å². The van der Waals surface area contributed by atoms with Crippen molar-refractivity contribution in [3.63, 3.8) is 0 Å². The number of rotatable bonds is 4. The van der Waals surface area contributed by atoms with Gasteiger partial charge in [0.1, 0.15) is 5.76 Å². The summed E-state index contributed by atoms with van der Waals surface area (Å²) >= 11 is 0. The maximum atomic E-state index is 12.7. The van der Waals surface area contributed by atoms with Crippen molar-refractivity contribution in [2.45, 2.75) is 71.6 Å². The Bertz CT molecular complexity index is 838. The van der Waals surface area contributed by atoms with Gasteiger partial charge in [-0.2, -0.15) is 0 Å². The lowest BCUT2D eigenvalue weighted by molar-refractivity contribution is -0.124. The van der Waals surface area contributed by atoms with Gasteiger partial charge in [0.2, 0.25) is 0 Å². The smallest absolute Gasteiger partial charge is 0.168 e. The van der Waals surface area contributed by atoms with Crippen molar-refractivity contribution in [1.82, 2.24) is 10.1 Å². The van der Waals surface area contributed by atoms with Crippen LogP contribution < -0.4 is 0 Å². The lowest BCUT2D eigenvalue weighted by Gasteiger charge is -2.27. The number of likely N-dealkylation sites (tertiary alicyclic amines) is 1. The molecule has 3 aliphatic rings. The highest BCUT2D eigenvalue weighted by Crippen LogP contribution is 2.37. The second kappa shape index (κ2) is 7.30. The summed E-state index contributed by atoms with van der Waals surface area (Å²) in [5.74, 6) is 0.704. The van der Waals surface area contributed by atoms with Crippen LogP contribution in [0, 0.1) is 5.41 Å². The Morgan fingerprint density at radius 3 is 2.36 bits per heavy atom. The minimum Gasteiger partial charge on any atom is -0.374 e. The van der Waals surface area contributed by atoms with Gasteiger partial charge in [-0.25, -0.2) is 0 Å². The Morgan fingerprint density at radius 1 is 1.00 bits per heavy atom. The molecule has 28 heavy (non-hydrogen) atoms. The van der Waals surface area contributed by atoms with Crippen LogP contribution in [-0.2, 0) is 22.4 Å². The normalized spacial score (nSPS) is 22.0. The van der Waals surface area contributed by atoms with E-state index in [1.54, 1.807) is 0 Å². The first-order valence-electron chi connectivity index (χ1n) is 10.4. The van der Waals surface area contributed by atoms with Crippen LogP contribution in [0.3, 0.4) is 0 Å². The highest BCUT2D eigenvalue weighted by atomic mass is 16.5. The highest BCUT2D eigenvalue weighted by Gasteiger charge is 2.37. The number of hydrogen-bond acceptors (Lipinski definition) is 6. The first-order chi connectivity index (χ1) is 13.4. The molecule has 1 saturated heterocycles. The summed E-state index contributed by atoms with van der Waals surface area (Å²) in [4.78, 5) is 39.9. The number of Topliss-reactive ketones (excluding diaryl/α,β-unsaturated/α-hetero) is 3. The third-order valence-corrected chi connectivity index (χ3v) is 6.13. The molecule has 1 aromatic heterocycles. The zero-order valence-corrected chi connectivity index (χ0v) is 16.8. The predicted octanol–water partition coefficient (Wildman–Crippen LogP) is 3.43. The van der Waals surface area contributed by atoms with Gasteiger partial charge in [-0.15, -0.1) is 0 Å². The van der Waals surface area contributed by atoms with E-state index < -0.39 is 0 Å². The number of allylic oxidation sites excluding steroid dienone is 2. The van der Waals surface area contributed by atoms with Crippen LogP contribution in [-0.4, -0.2) is 40.5 Å². The van der Waals surface area contributed by atoms with Crippen molar-refractivity contribution >= 4 is 17.3 Å². The van der Waals surface area contributed by atoms with Gasteiger partial charge in [0.25, 0.3) is 0 Å². The monoisotopic (exact) mass is 384 g/mol. The molecule has 0 unspecified atom stereocenters. The van der Waals surface area contributed by atoms with Crippen LogP contribution in [0.15, 0.2) is 15.8 Å². The van der Waals surface area contributed by atoms with Crippen molar-refractivity contribution in [3.05, 3.63) is 28.3 Å². The Kier molecular flexibility index (Phi) is 4.98. The Morgan fingerprint density at radius 2 is 1.68 bits per heavy atom. The SMILES string of the molecule is CC1(C)CC(=O)c2c(CCC(=C3C(=O)CCCC3=O)N3CCCC3)noc2C1. The van der Waals surface area contributed by atoms with E-state index in [1.165, 1.54) is 0 Å². The van der Waals surface area contributed by atoms with Crippen molar-refractivity contribution in [1.29, 1.82) is 0 Å². The molecule has 0 bridgehead atoms. The van der Waals surface area contributed by atoms with E-state index >= 15 is 0 Å². The summed E-state index contributed by atoms with van der Waals surface area (Å²) in [5, 5.41) is 4.19. The summed E-state index contributed by atoms with van der Waals surface area (Å²) in [5.41, 5.74) is 2.45. The molecule has 0 spiro atoms. The fraction of sp³-hybridized carbons (Fsp3) is 0.636. The molecule has 0 amide bonds. The molecule has 2 heterocycles. The number of ketones is 3. The number of nitrogens with zero attached hydrogens (tertiary/aromatic N) is 2. The van der Waals surface area contributed by atoms with Crippen LogP contribution in [0.25, 0.3) is 0 Å². The molecule has 2 aliphatic carbocycles. The second-order valence-electron chi connectivity index (χ2n) is 9.08. The van der Waals surface area contributed by atoms with Crippen molar-refractivity contribution < 1.29 is 18.9 Å². The van der Waals surface area contributed by atoms with Gasteiger partial charge in [0.15, 0.2) is 17.3 Å². The third kappa shape index (κ3) is 3.56. The topological polar surface area (TPSA) is 80.5 Å². The highest BCUT2D eigenvalue weighted by molar-refractivity contribution is 6.22. The van der Waals surface area contributed by atoms with Gasteiger partial charge in [-0.1, -0.05) is 19.0 Å². The minimum atomic E-state index is -0.107. The van der Waals surface area contributed by atoms with Gasteiger partial charge in [0.05, 0.1) is 16.8 Å². The van der Waals surface area contributed by atoms with E-state index in [4.69, 9.17) is 4.52 Å². The number of fused-ring (bicyclic) bond motifs is 1. The van der Waals surface area contributed by atoms with E-state index in [2.05, 4.69) is 23.9 Å². The molecule has 1 aromatic rings. The fourth-order valence-corrected chi connectivity index (χ4v) is 4.79. The fourth-order valence-electron chi connectivity index (χ4n) is 4.79. The van der Waals surface area contributed by atoms with E-state index in [-0.39, 0.29) is 22.8 Å². The van der Waals surface area contributed by atoms with Gasteiger partial charge < -0.3 is 9.42 Å². The Hall–Kier alpha value is -2.24. The summed E-state index contributed by atoms with van der Waals surface area (Å²) in [7, 11) is 0. The predicted molar refractivity (Wildman–Crippen MR) is 103 cm³/mol. The van der Waals surface area contributed by atoms with Crippen LogP contribution in [0.4, 0.5) is 0 Å². The standard InChI is InChI=1S/C22H28N2O4/c1-22(2)12-18(27)20-14(23-28-19(20)13-22)8-9-15(24-10-3-4-11-24)21-16(25)6-5-7-17(21)26/h3-13H2,1-2H3. The van der Waals surface area contributed by atoms with Crippen LogP contribution in [0.1, 0.15) is 80.6 Å². The first kappa shape index (κ1) is 19.1. The molecular formula is C22H28N2O4. The average molecular weight is 384 g/mol. The van der Waals surface area contributed by atoms with Gasteiger partial charge in [0, 0.05) is 44.5 Å². The quantitative estimate of drug-likeness (QED) is 0.584. The molecule has 0 N–H and O–H groups in total. The molecule has 4 rings (SSSR count). The van der Waals surface area contributed by atoms with Gasteiger partial charge >= 0.3 is 0 Å². The molecule has 0 radical (unpaired) electrons. The molecule has 1 saturated carbocycles. The summed E-state index contributed by atoms with van der Waals surface area (Å²) < 4.78 is 5.50. The number of carbonyl (C=O) groups excluding carboxylic acids is 3. The Labute approximate surface area is 165 Å². The molecule has 150 valence electrons. The summed E-state index contributed by atoms with van der Waals surface area (Å²) in [6, 6.07) is 0. The maximum absolute atomic E-state index is 12.7. The zero-order chi connectivity index (χ0) is 19.9. The molecule has 6 heteroatoms. The maximum Gasteiger partial charge on any atom is 0.168 e. The number of hydrogen-bond donors (Lipinski definition) is 0. The first-order valence-corrected chi connectivity index (χ1v) is 10.4. The van der Waals surface area contributed by atoms with Gasteiger partial charge in [-0.05, 0) is 37.5 Å². The number of carbonyl (C=O) groups is 3. The number of aromatic nitrogens is 1. The number of aryl methyl sites for hydroxylation is 1. The molecule has 1 aliphatic heterocycles. The van der Waals surface area contributed by atoms with E-state index in [0.29, 0.717) is 67.5 Å². The Balaban J connectivity index is 1.62. The minimum absolute atomic E-state index is 0.0295. The van der Waals surface area contributed by atoms with Gasteiger partial charge in [-0.3, -0.25) is 14.4 Å². The molecule has 6 nitrogen and oxygen atoms in total. The molecule has 0 atom stereocenters. The van der Waals surface area contributed by atoms with E-state index in [9.17, 15) is 14.4 Å². The zero-order valence-electron chi connectivity index (χ0n) is 16.8. The summed E-state index contributed by atoms with van der Waals surface area (Å²) in [6.45, 7) is 5.88. The molecule has 0 aromatic carbocycles. The van der Waals surface area contributed by atoms with Crippen LogP contribution >= 0.6 is 0 Å². The largest absolute Gasteiger partial charge is 0.374 e. The van der Waals surface area contributed by atoms with Crippen LogP contribution in [0.2, 0.25) is 0 Å². The van der Waals surface area contributed by atoms with Crippen molar-refractivity contribution in [2.24, 2.45) is 5.41 Å². The summed E-state index contributed by atoms with van der Waals surface area (Å²) in [6.07, 6.45) is 5.96. The third-order valence-electron chi connectivity index (χ3n) is 6.13. The lowest BCUT2D eigenvalue weighted by Crippen LogP contribution is -2.29. The van der Waals surface area contributed by atoms with Crippen molar-refractivity contribution in [3.8, 4) is 0 Å². The van der Waals surface area contributed by atoms with E-state index in [0.717, 1.165) is 31.6 Å². The molecule has 2 fully saturated rings. The lowest BCUT2D eigenvalue weighted by atomic mass is 9.76. The van der Waals surface area contributed by atoms with E-state index in [1.807, 2.05) is 0 Å². The average Bonchev–Trinajstić information content (AvgIpc) is 3.26. The van der Waals surface area contributed by atoms with Crippen LogP contribution in [0.5, 0.6) is 0 Å². The second-order valence-corrected chi connectivity index (χ2v) is 9.08.